The number of carbonyl (C=O) groups is 1. The molecule has 0 spiro atoms. The average molecular weight is 378 g/mol. The zero-order valence-electron chi connectivity index (χ0n) is 14.3. The van der Waals surface area contributed by atoms with Crippen molar-refractivity contribution in [2.45, 2.75) is 0 Å². The fraction of sp³-hybridized carbons (Fsp3) is 0.235. The number of ether oxygens (including phenoxy) is 3. The number of hydrogen-bond acceptors (Lipinski definition) is 6. The van der Waals surface area contributed by atoms with Gasteiger partial charge in [-0.3, -0.25) is 9.10 Å². The van der Waals surface area contributed by atoms with Crippen molar-refractivity contribution in [1.82, 2.24) is 0 Å². The van der Waals surface area contributed by atoms with Gasteiger partial charge in [0.1, 0.15) is 12.3 Å². The highest BCUT2D eigenvalue weighted by Gasteiger charge is 2.23. The van der Waals surface area contributed by atoms with E-state index in [1.165, 1.54) is 13.2 Å². The molecule has 0 bridgehead atoms. The van der Waals surface area contributed by atoms with Crippen molar-refractivity contribution in [3.05, 3.63) is 42.5 Å². The minimum Gasteiger partial charge on any atom is -0.497 e. The van der Waals surface area contributed by atoms with Gasteiger partial charge in [0.05, 0.1) is 19.1 Å². The minimum atomic E-state index is -3.68. The third-order valence-corrected chi connectivity index (χ3v) is 4.83. The zero-order valence-corrected chi connectivity index (χ0v) is 15.1. The quantitative estimate of drug-likeness (QED) is 0.824. The smallest absolute Gasteiger partial charge is 0.245 e. The van der Waals surface area contributed by atoms with Crippen LogP contribution in [0.3, 0.4) is 0 Å². The minimum absolute atomic E-state index is 0.0774. The molecule has 138 valence electrons. The van der Waals surface area contributed by atoms with E-state index in [-0.39, 0.29) is 13.3 Å². The molecule has 9 heteroatoms. The van der Waals surface area contributed by atoms with Crippen molar-refractivity contribution >= 4 is 27.3 Å². The third kappa shape index (κ3) is 3.99. The SMILES string of the molecule is COc1cccc(NC(=O)CN(c2ccc3c(c2)OCO3)S(C)(=O)=O)c1. The van der Waals surface area contributed by atoms with Crippen LogP contribution in [0.5, 0.6) is 17.2 Å². The van der Waals surface area contributed by atoms with Crippen LogP contribution in [0.15, 0.2) is 42.5 Å². The van der Waals surface area contributed by atoms with Crippen LogP contribution in [0.2, 0.25) is 0 Å². The topological polar surface area (TPSA) is 94.2 Å². The van der Waals surface area contributed by atoms with Crippen LogP contribution in [-0.2, 0) is 14.8 Å². The summed E-state index contributed by atoms with van der Waals surface area (Å²) < 4.78 is 40.9. The summed E-state index contributed by atoms with van der Waals surface area (Å²) in [7, 11) is -2.16. The Hall–Kier alpha value is -2.94. The Morgan fingerprint density at radius 2 is 1.96 bits per heavy atom. The summed E-state index contributed by atoms with van der Waals surface area (Å²) in [5.74, 6) is 1.06. The second kappa shape index (κ2) is 7.12. The molecule has 26 heavy (non-hydrogen) atoms. The Bertz CT molecular complexity index is 929. The predicted molar refractivity (Wildman–Crippen MR) is 96.4 cm³/mol. The molecule has 0 aromatic heterocycles. The van der Waals surface area contributed by atoms with Gasteiger partial charge in [0.15, 0.2) is 11.5 Å². The number of amides is 1. The molecule has 3 rings (SSSR count). The Labute approximate surface area is 151 Å². The van der Waals surface area contributed by atoms with Gasteiger partial charge in [-0.05, 0) is 24.3 Å². The Balaban J connectivity index is 1.79. The molecule has 0 radical (unpaired) electrons. The fourth-order valence-electron chi connectivity index (χ4n) is 2.47. The van der Waals surface area contributed by atoms with Gasteiger partial charge in [-0.1, -0.05) is 6.07 Å². The number of carbonyl (C=O) groups excluding carboxylic acids is 1. The van der Waals surface area contributed by atoms with E-state index in [0.29, 0.717) is 28.6 Å². The number of anilines is 2. The number of nitrogens with zero attached hydrogens (tertiary/aromatic N) is 1. The van der Waals surface area contributed by atoms with Crippen molar-refractivity contribution in [2.75, 3.05) is 36.3 Å². The summed E-state index contributed by atoms with van der Waals surface area (Å²) in [6, 6.07) is 11.5. The molecule has 1 N–H and O–H groups in total. The van der Waals surface area contributed by atoms with Crippen molar-refractivity contribution in [2.24, 2.45) is 0 Å². The number of hydrogen-bond donors (Lipinski definition) is 1. The standard InChI is InChI=1S/C17H18N2O6S/c1-23-14-5-3-4-12(8-14)18-17(20)10-19(26(2,21)22)13-6-7-15-16(9-13)25-11-24-15/h3-9H,10-11H2,1-2H3,(H,18,20). The number of methoxy groups -OCH3 is 1. The molecule has 2 aromatic rings. The molecule has 8 nitrogen and oxygen atoms in total. The van der Waals surface area contributed by atoms with Crippen molar-refractivity contribution in [1.29, 1.82) is 0 Å². The Kier molecular flexibility index (Phi) is 4.90. The van der Waals surface area contributed by atoms with Gasteiger partial charge in [-0.25, -0.2) is 8.42 Å². The van der Waals surface area contributed by atoms with E-state index in [1.54, 1.807) is 36.4 Å². The number of nitrogens with one attached hydrogen (secondary N) is 1. The molecule has 0 saturated heterocycles. The van der Waals surface area contributed by atoms with E-state index >= 15 is 0 Å². The largest absolute Gasteiger partial charge is 0.497 e. The molecule has 0 saturated carbocycles. The summed E-state index contributed by atoms with van der Waals surface area (Å²) >= 11 is 0. The molecule has 1 heterocycles. The van der Waals surface area contributed by atoms with Crippen LogP contribution >= 0.6 is 0 Å². The molecule has 0 aliphatic carbocycles. The lowest BCUT2D eigenvalue weighted by Gasteiger charge is -2.22. The van der Waals surface area contributed by atoms with Gasteiger partial charge in [-0.15, -0.1) is 0 Å². The lowest BCUT2D eigenvalue weighted by atomic mass is 10.2. The second-order valence-electron chi connectivity index (χ2n) is 5.59. The van der Waals surface area contributed by atoms with Crippen LogP contribution in [0.25, 0.3) is 0 Å². The number of sulfonamides is 1. The van der Waals surface area contributed by atoms with E-state index < -0.39 is 15.9 Å². The van der Waals surface area contributed by atoms with Crippen LogP contribution in [0.4, 0.5) is 11.4 Å². The molecule has 1 amide bonds. The van der Waals surface area contributed by atoms with E-state index in [0.717, 1.165) is 10.6 Å². The molecular weight excluding hydrogens is 360 g/mol. The lowest BCUT2D eigenvalue weighted by molar-refractivity contribution is -0.114. The number of rotatable bonds is 6. The molecule has 0 unspecified atom stereocenters. The lowest BCUT2D eigenvalue weighted by Crippen LogP contribution is -2.37. The van der Waals surface area contributed by atoms with E-state index in [1.807, 2.05) is 0 Å². The average Bonchev–Trinajstić information content (AvgIpc) is 3.06. The molecular formula is C17H18N2O6S. The van der Waals surface area contributed by atoms with Crippen LogP contribution in [-0.4, -0.2) is 41.0 Å². The van der Waals surface area contributed by atoms with Crippen LogP contribution in [0, 0.1) is 0 Å². The molecule has 1 aliphatic heterocycles. The molecule has 1 aliphatic rings. The normalized spacial score (nSPS) is 12.5. The van der Waals surface area contributed by atoms with Gasteiger partial charge in [-0.2, -0.15) is 0 Å². The van der Waals surface area contributed by atoms with Crippen molar-refractivity contribution in [3.8, 4) is 17.2 Å². The van der Waals surface area contributed by atoms with Crippen molar-refractivity contribution in [3.63, 3.8) is 0 Å². The third-order valence-electron chi connectivity index (χ3n) is 3.69. The van der Waals surface area contributed by atoms with Gasteiger partial charge < -0.3 is 19.5 Å². The maximum absolute atomic E-state index is 12.4. The summed E-state index contributed by atoms with van der Waals surface area (Å²) in [6.45, 7) is -0.302. The van der Waals surface area contributed by atoms with Gasteiger partial charge in [0.25, 0.3) is 0 Å². The van der Waals surface area contributed by atoms with Crippen molar-refractivity contribution < 1.29 is 27.4 Å². The fourth-order valence-corrected chi connectivity index (χ4v) is 3.32. The number of benzene rings is 2. The molecule has 0 fully saturated rings. The number of fused-ring (bicyclic) bond motifs is 1. The second-order valence-corrected chi connectivity index (χ2v) is 7.49. The van der Waals surface area contributed by atoms with Crippen LogP contribution < -0.4 is 23.8 Å². The van der Waals surface area contributed by atoms with Gasteiger partial charge in [0.2, 0.25) is 22.7 Å². The first kappa shape index (κ1) is 17.9. The first-order valence-corrected chi connectivity index (χ1v) is 9.53. The highest BCUT2D eigenvalue weighted by atomic mass is 32.2. The maximum atomic E-state index is 12.4. The summed E-state index contributed by atoms with van der Waals surface area (Å²) in [6.07, 6.45) is 1.04. The highest BCUT2D eigenvalue weighted by Crippen LogP contribution is 2.36. The maximum Gasteiger partial charge on any atom is 0.245 e. The monoisotopic (exact) mass is 378 g/mol. The molecule has 2 aromatic carbocycles. The predicted octanol–water partition coefficient (Wildman–Crippen LogP) is 1.83. The first-order valence-electron chi connectivity index (χ1n) is 7.68. The van der Waals surface area contributed by atoms with Gasteiger partial charge in [0, 0.05) is 17.8 Å². The van der Waals surface area contributed by atoms with E-state index in [2.05, 4.69) is 5.32 Å². The molecule has 0 atom stereocenters. The van der Waals surface area contributed by atoms with E-state index in [9.17, 15) is 13.2 Å². The van der Waals surface area contributed by atoms with Crippen LogP contribution in [0.1, 0.15) is 0 Å². The summed E-state index contributed by atoms with van der Waals surface area (Å²) in [5.41, 5.74) is 0.825. The Morgan fingerprint density at radius 3 is 2.69 bits per heavy atom. The Morgan fingerprint density at radius 1 is 1.19 bits per heavy atom. The summed E-state index contributed by atoms with van der Waals surface area (Å²) in [5, 5.41) is 2.66. The first-order chi connectivity index (χ1) is 12.4. The summed E-state index contributed by atoms with van der Waals surface area (Å²) in [4.78, 5) is 12.4. The zero-order chi connectivity index (χ0) is 18.7. The van der Waals surface area contributed by atoms with Gasteiger partial charge >= 0.3 is 0 Å². The highest BCUT2D eigenvalue weighted by molar-refractivity contribution is 7.92. The van der Waals surface area contributed by atoms with E-state index in [4.69, 9.17) is 14.2 Å².